The molecule has 3 heteroatoms. The molecule has 1 aromatic carbocycles. The molecule has 0 fully saturated rings. The highest BCUT2D eigenvalue weighted by Gasteiger charge is 2.08. The second kappa shape index (κ2) is 6.24. The highest BCUT2D eigenvalue weighted by atomic mass is 35.5. The molecule has 0 aromatic heterocycles. The molecule has 0 saturated heterocycles. The van der Waals surface area contributed by atoms with Crippen LogP contribution in [-0.2, 0) is 0 Å². The molecule has 0 radical (unpaired) electrons. The third kappa shape index (κ3) is 3.58. The number of unbranched alkanes of at least 4 members (excludes halogenated alkanes) is 1. The van der Waals surface area contributed by atoms with Crippen LogP contribution in [0.25, 0.3) is 0 Å². The Balaban J connectivity index is 2.81. The van der Waals surface area contributed by atoms with Crippen LogP contribution in [0.4, 0.5) is 5.69 Å². The maximum Gasteiger partial charge on any atom is 0.0654 e. The molecular formula is C12H17Cl2N. The lowest BCUT2D eigenvalue weighted by Gasteiger charge is -2.24. The molecule has 1 aromatic rings. The van der Waals surface area contributed by atoms with Crippen molar-refractivity contribution < 1.29 is 0 Å². The Morgan fingerprint density at radius 2 is 1.93 bits per heavy atom. The minimum Gasteiger partial charge on any atom is -0.371 e. The average molecular weight is 246 g/mol. The van der Waals surface area contributed by atoms with Crippen LogP contribution in [0.5, 0.6) is 0 Å². The van der Waals surface area contributed by atoms with Gasteiger partial charge in [-0.3, -0.25) is 0 Å². The predicted molar refractivity (Wildman–Crippen MR) is 69.3 cm³/mol. The summed E-state index contributed by atoms with van der Waals surface area (Å²) in [6, 6.07) is 5.67. The summed E-state index contributed by atoms with van der Waals surface area (Å²) in [5, 5.41) is 1.43. The number of halogens is 2. The van der Waals surface area contributed by atoms with Crippen molar-refractivity contribution in [2.45, 2.75) is 26.7 Å². The highest BCUT2D eigenvalue weighted by molar-refractivity contribution is 6.36. The van der Waals surface area contributed by atoms with Crippen LogP contribution in [0.2, 0.25) is 10.0 Å². The first-order valence-electron chi connectivity index (χ1n) is 5.39. The number of hydrogen-bond donors (Lipinski definition) is 0. The Labute approximate surface area is 102 Å². The zero-order chi connectivity index (χ0) is 11.3. The summed E-state index contributed by atoms with van der Waals surface area (Å²) in [7, 11) is 0. The summed E-state index contributed by atoms with van der Waals surface area (Å²) in [6.07, 6.45) is 2.38. The quantitative estimate of drug-likeness (QED) is 0.732. The van der Waals surface area contributed by atoms with Crippen LogP contribution in [0.3, 0.4) is 0 Å². The molecular weight excluding hydrogens is 229 g/mol. The van der Waals surface area contributed by atoms with Crippen LogP contribution in [0.1, 0.15) is 26.7 Å². The summed E-state index contributed by atoms with van der Waals surface area (Å²) in [4.78, 5) is 2.28. The van der Waals surface area contributed by atoms with E-state index in [1.807, 2.05) is 12.1 Å². The number of hydrogen-bond acceptors (Lipinski definition) is 1. The molecule has 15 heavy (non-hydrogen) atoms. The number of benzene rings is 1. The maximum atomic E-state index is 6.16. The minimum absolute atomic E-state index is 0.690. The molecule has 0 heterocycles. The van der Waals surface area contributed by atoms with Crippen molar-refractivity contribution in [2.24, 2.45) is 0 Å². The van der Waals surface area contributed by atoms with Gasteiger partial charge in [0.25, 0.3) is 0 Å². The second-order valence-electron chi connectivity index (χ2n) is 3.53. The fraction of sp³-hybridized carbons (Fsp3) is 0.500. The van der Waals surface area contributed by atoms with Crippen molar-refractivity contribution in [2.75, 3.05) is 18.0 Å². The van der Waals surface area contributed by atoms with E-state index in [4.69, 9.17) is 23.2 Å². The molecule has 0 unspecified atom stereocenters. The molecule has 0 amide bonds. The second-order valence-corrected chi connectivity index (χ2v) is 4.37. The molecule has 1 nitrogen and oxygen atoms in total. The van der Waals surface area contributed by atoms with Crippen molar-refractivity contribution in [1.82, 2.24) is 0 Å². The lowest BCUT2D eigenvalue weighted by Crippen LogP contribution is -2.24. The Morgan fingerprint density at radius 1 is 1.20 bits per heavy atom. The van der Waals surface area contributed by atoms with Gasteiger partial charge in [0.1, 0.15) is 0 Å². The molecule has 0 aliphatic heterocycles. The van der Waals surface area contributed by atoms with E-state index >= 15 is 0 Å². The smallest absolute Gasteiger partial charge is 0.0654 e. The van der Waals surface area contributed by atoms with E-state index in [0.29, 0.717) is 5.02 Å². The van der Waals surface area contributed by atoms with Gasteiger partial charge in [0, 0.05) is 18.1 Å². The number of anilines is 1. The van der Waals surface area contributed by atoms with Gasteiger partial charge in [0.2, 0.25) is 0 Å². The van der Waals surface area contributed by atoms with Crippen molar-refractivity contribution in [3.63, 3.8) is 0 Å². The fourth-order valence-corrected chi connectivity index (χ4v) is 2.06. The lowest BCUT2D eigenvalue weighted by atomic mass is 10.2. The zero-order valence-electron chi connectivity index (χ0n) is 9.26. The Kier molecular flexibility index (Phi) is 5.27. The number of nitrogens with zero attached hydrogens (tertiary/aromatic N) is 1. The molecule has 84 valence electrons. The van der Waals surface area contributed by atoms with E-state index in [1.165, 1.54) is 12.8 Å². The molecule has 0 atom stereocenters. The normalized spacial score (nSPS) is 10.4. The van der Waals surface area contributed by atoms with E-state index < -0.39 is 0 Å². The first-order valence-corrected chi connectivity index (χ1v) is 6.14. The van der Waals surface area contributed by atoms with Crippen LogP contribution in [-0.4, -0.2) is 13.1 Å². The van der Waals surface area contributed by atoms with Crippen LogP contribution < -0.4 is 4.90 Å². The van der Waals surface area contributed by atoms with Gasteiger partial charge in [-0.25, -0.2) is 0 Å². The summed E-state index contributed by atoms with van der Waals surface area (Å²) in [5.41, 5.74) is 1.08. The van der Waals surface area contributed by atoms with Gasteiger partial charge in [-0.2, -0.15) is 0 Å². The molecule has 0 saturated carbocycles. The predicted octanol–water partition coefficient (Wildman–Crippen LogP) is 4.62. The molecule has 0 N–H and O–H groups in total. The van der Waals surface area contributed by atoms with Crippen LogP contribution in [0.15, 0.2) is 18.2 Å². The topological polar surface area (TPSA) is 3.24 Å². The molecule has 0 bridgehead atoms. The van der Waals surface area contributed by atoms with Gasteiger partial charge >= 0.3 is 0 Å². The van der Waals surface area contributed by atoms with Gasteiger partial charge in [-0.15, -0.1) is 0 Å². The van der Waals surface area contributed by atoms with Crippen molar-refractivity contribution in [3.05, 3.63) is 28.2 Å². The van der Waals surface area contributed by atoms with Gasteiger partial charge in [0.05, 0.1) is 10.7 Å². The van der Waals surface area contributed by atoms with Crippen LogP contribution in [0, 0.1) is 0 Å². The Hall–Kier alpha value is -0.400. The minimum atomic E-state index is 0.690. The first-order chi connectivity index (χ1) is 7.19. The Bertz CT molecular complexity index is 312. The van der Waals surface area contributed by atoms with E-state index in [2.05, 4.69) is 18.7 Å². The summed E-state index contributed by atoms with van der Waals surface area (Å²) >= 11 is 12.0. The third-order valence-electron chi connectivity index (χ3n) is 2.41. The SMILES string of the molecule is CCCCN(CC)c1ccc(Cl)cc1Cl. The molecule has 0 aliphatic carbocycles. The van der Waals surface area contributed by atoms with Gasteiger partial charge < -0.3 is 4.90 Å². The van der Waals surface area contributed by atoms with Crippen molar-refractivity contribution >= 4 is 28.9 Å². The van der Waals surface area contributed by atoms with Crippen molar-refractivity contribution in [3.8, 4) is 0 Å². The molecule has 0 aliphatic rings. The van der Waals surface area contributed by atoms with Gasteiger partial charge in [-0.05, 0) is 31.5 Å². The monoisotopic (exact) mass is 245 g/mol. The van der Waals surface area contributed by atoms with E-state index in [0.717, 1.165) is 23.8 Å². The van der Waals surface area contributed by atoms with Crippen molar-refractivity contribution in [1.29, 1.82) is 0 Å². The summed E-state index contributed by atoms with van der Waals surface area (Å²) in [6.45, 7) is 6.35. The summed E-state index contributed by atoms with van der Waals surface area (Å²) in [5.74, 6) is 0. The largest absolute Gasteiger partial charge is 0.371 e. The Morgan fingerprint density at radius 3 is 2.47 bits per heavy atom. The standard InChI is InChI=1S/C12H17Cl2N/c1-3-5-8-15(4-2)12-7-6-10(13)9-11(12)14/h6-7,9H,3-5,8H2,1-2H3. The van der Waals surface area contributed by atoms with Crippen LogP contribution >= 0.6 is 23.2 Å². The van der Waals surface area contributed by atoms with Gasteiger partial charge in [-0.1, -0.05) is 36.5 Å². The highest BCUT2D eigenvalue weighted by Crippen LogP contribution is 2.28. The maximum absolute atomic E-state index is 6.16. The zero-order valence-corrected chi connectivity index (χ0v) is 10.8. The van der Waals surface area contributed by atoms with E-state index in [1.54, 1.807) is 6.07 Å². The molecule has 1 rings (SSSR count). The third-order valence-corrected chi connectivity index (χ3v) is 2.95. The van der Waals surface area contributed by atoms with Gasteiger partial charge in [0.15, 0.2) is 0 Å². The molecule has 0 spiro atoms. The average Bonchev–Trinajstić information content (AvgIpc) is 2.21. The summed E-state index contributed by atoms with van der Waals surface area (Å²) < 4.78 is 0. The first kappa shape index (κ1) is 12.7. The lowest BCUT2D eigenvalue weighted by molar-refractivity contribution is 0.732. The fourth-order valence-electron chi connectivity index (χ4n) is 1.54. The van der Waals surface area contributed by atoms with E-state index in [9.17, 15) is 0 Å². The number of rotatable bonds is 5. The van der Waals surface area contributed by atoms with E-state index in [-0.39, 0.29) is 0 Å².